The van der Waals surface area contributed by atoms with Gasteiger partial charge in [-0.1, -0.05) is 49.1 Å². The molecule has 0 fully saturated rings. The number of alkyl halides is 3. The van der Waals surface area contributed by atoms with E-state index in [0.29, 0.717) is 17.1 Å². The first-order chi connectivity index (χ1) is 15.4. The lowest BCUT2D eigenvalue weighted by molar-refractivity contribution is -0.163. The molecule has 0 saturated carbocycles. The fraction of sp³-hybridized carbons (Fsp3) is 0.200. The average molecular weight is 446 g/mol. The predicted octanol–water partition coefficient (Wildman–Crippen LogP) is 7.05. The van der Waals surface area contributed by atoms with Crippen LogP contribution in [0.2, 0.25) is 0 Å². The third-order valence-electron chi connectivity index (χ3n) is 4.57. The average Bonchev–Trinajstić information content (AvgIpc) is 2.78. The van der Waals surface area contributed by atoms with Gasteiger partial charge in [-0.3, -0.25) is 0 Å². The van der Waals surface area contributed by atoms with Crippen molar-refractivity contribution in [2.45, 2.75) is 18.7 Å². The van der Waals surface area contributed by atoms with E-state index < -0.39 is 24.5 Å². The second-order valence-corrected chi connectivity index (χ2v) is 6.96. The smallest absolute Gasteiger partial charge is 0.397 e. The lowest BCUT2D eigenvalue weighted by Crippen LogP contribution is -2.25. The number of hydrogen-bond acceptors (Lipinski definition) is 3. The molecule has 1 atom stereocenters. The van der Waals surface area contributed by atoms with Crippen molar-refractivity contribution in [1.29, 1.82) is 0 Å². The lowest BCUT2D eigenvalue weighted by Gasteiger charge is -2.21. The van der Waals surface area contributed by atoms with Crippen molar-refractivity contribution in [1.82, 2.24) is 0 Å². The summed E-state index contributed by atoms with van der Waals surface area (Å²) in [4.78, 5) is 0. The van der Waals surface area contributed by atoms with Crippen LogP contribution in [0.3, 0.4) is 0 Å². The molecular weight excluding hydrogens is 424 g/mol. The van der Waals surface area contributed by atoms with E-state index in [4.69, 9.17) is 14.2 Å². The minimum Gasteiger partial charge on any atom is -0.490 e. The summed E-state index contributed by atoms with van der Waals surface area (Å²) in [5.74, 6) is -1.52. The molecule has 0 heterocycles. The molecule has 0 aliphatic rings. The van der Waals surface area contributed by atoms with Crippen molar-refractivity contribution in [2.75, 3.05) is 13.2 Å². The highest BCUT2D eigenvalue weighted by molar-refractivity contribution is 5.35. The van der Waals surface area contributed by atoms with Crippen LogP contribution < -0.4 is 9.47 Å². The van der Waals surface area contributed by atoms with Crippen molar-refractivity contribution in [3.8, 4) is 17.2 Å². The maximum Gasteiger partial charge on any atom is 0.397 e. The van der Waals surface area contributed by atoms with E-state index in [1.807, 2.05) is 0 Å². The van der Waals surface area contributed by atoms with Crippen LogP contribution in [0.1, 0.15) is 17.0 Å². The topological polar surface area (TPSA) is 27.7 Å². The number of hydrogen-bond donors (Lipinski definition) is 0. The first kappa shape index (κ1) is 23.3. The monoisotopic (exact) mass is 446 g/mol. The molecule has 0 spiro atoms. The van der Waals surface area contributed by atoms with Crippen LogP contribution in [0, 0.1) is 5.82 Å². The molecule has 0 aliphatic carbocycles. The zero-order valence-corrected chi connectivity index (χ0v) is 17.1. The highest BCUT2D eigenvalue weighted by Crippen LogP contribution is 2.36. The molecule has 3 rings (SSSR count). The highest BCUT2D eigenvalue weighted by atomic mass is 19.4. The second-order valence-electron chi connectivity index (χ2n) is 6.96. The fourth-order valence-corrected chi connectivity index (χ4v) is 2.96. The maximum atomic E-state index is 14.1. The van der Waals surface area contributed by atoms with E-state index in [-0.39, 0.29) is 24.5 Å². The predicted molar refractivity (Wildman–Crippen MR) is 114 cm³/mol. The molecule has 168 valence electrons. The van der Waals surface area contributed by atoms with Gasteiger partial charge < -0.3 is 14.2 Å². The van der Waals surface area contributed by atoms with E-state index >= 15 is 0 Å². The zero-order chi connectivity index (χ0) is 23.0. The Labute approximate surface area is 183 Å². The van der Waals surface area contributed by atoms with Gasteiger partial charge in [0.1, 0.15) is 24.0 Å². The molecule has 1 unspecified atom stereocenters. The first-order valence-electron chi connectivity index (χ1n) is 9.86. The summed E-state index contributed by atoms with van der Waals surface area (Å²) in [6.07, 6.45) is -2.94. The molecule has 0 amide bonds. The first-order valence-corrected chi connectivity index (χ1v) is 9.86. The van der Waals surface area contributed by atoms with Crippen molar-refractivity contribution < 1.29 is 31.8 Å². The number of rotatable bonds is 10. The van der Waals surface area contributed by atoms with Crippen LogP contribution in [0.5, 0.6) is 17.2 Å². The van der Waals surface area contributed by atoms with Gasteiger partial charge in [0.05, 0.1) is 13.2 Å². The minimum absolute atomic E-state index is 0.0280. The molecule has 32 heavy (non-hydrogen) atoms. The molecule has 0 aromatic heterocycles. The Balaban J connectivity index is 1.65. The Hall–Kier alpha value is -3.32. The third kappa shape index (κ3) is 6.59. The summed E-state index contributed by atoms with van der Waals surface area (Å²) < 4.78 is 71.0. The molecule has 7 heteroatoms. The SMILES string of the molecule is C=CCOc1ccc(C(COCc2ccc(F)c(Oc3ccccc3)c2)C(F)(F)F)cc1. The van der Waals surface area contributed by atoms with Gasteiger partial charge in [0, 0.05) is 0 Å². The largest absolute Gasteiger partial charge is 0.490 e. The molecular formula is C25H22F4O3. The Kier molecular flexibility index (Phi) is 7.89. The lowest BCUT2D eigenvalue weighted by atomic mass is 9.99. The Morgan fingerprint density at radius 1 is 0.906 bits per heavy atom. The Morgan fingerprint density at radius 2 is 1.62 bits per heavy atom. The molecule has 0 bridgehead atoms. The van der Waals surface area contributed by atoms with E-state index in [1.165, 1.54) is 42.5 Å². The van der Waals surface area contributed by atoms with Gasteiger partial charge in [0.15, 0.2) is 11.6 Å². The summed E-state index contributed by atoms with van der Waals surface area (Å²) in [5.41, 5.74) is 0.557. The van der Waals surface area contributed by atoms with Crippen LogP contribution in [0.25, 0.3) is 0 Å². The van der Waals surface area contributed by atoms with Gasteiger partial charge in [-0.15, -0.1) is 0 Å². The molecule has 3 aromatic rings. The van der Waals surface area contributed by atoms with Crippen molar-refractivity contribution >= 4 is 0 Å². The molecule has 3 nitrogen and oxygen atoms in total. The van der Waals surface area contributed by atoms with E-state index in [0.717, 1.165) is 0 Å². The maximum absolute atomic E-state index is 14.1. The quantitative estimate of drug-likeness (QED) is 0.247. The third-order valence-corrected chi connectivity index (χ3v) is 4.57. The van der Waals surface area contributed by atoms with Gasteiger partial charge in [-0.2, -0.15) is 13.2 Å². The van der Waals surface area contributed by atoms with Crippen LogP contribution in [-0.2, 0) is 11.3 Å². The number of benzene rings is 3. The number of para-hydroxylation sites is 1. The van der Waals surface area contributed by atoms with Gasteiger partial charge in [-0.25, -0.2) is 4.39 Å². The molecule has 0 saturated heterocycles. The van der Waals surface area contributed by atoms with Crippen molar-refractivity contribution in [3.63, 3.8) is 0 Å². The second kappa shape index (κ2) is 10.8. The Morgan fingerprint density at radius 3 is 2.28 bits per heavy atom. The van der Waals surface area contributed by atoms with E-state index in [1.54, 1.807) is 36.4 Å². The normalized spacial score (nSPS) is 12.2. The summed E-state index contributed by atoms with van der Waals surface area (Å²) in [5, 5.41) is 0. The van der Waals surface area contributed by atoms with Gasteiger partial charge >= 0.3 is 6.18 Å². The summed E-state index contributed by atoms with van der Waals surface area (Å²) in [6, 6.07) is 18.4. The minimum atomic E-state index is -4.49. The summed E-state index contributed by atoms with van der Waals surface area (Å²) >= 11 is 0. The van der Waals surface area contributed by atoms with Crippen LogP contribution in [0.15, 0.2) is 85.5 Å². The van der Waals surface area contributed by atoms with E-state index in [9.17, 15) is 17.6 Å². The Bertz CT molecular complexity index is 1000. The van der Waals surface area contributed by atoms with Crippen molar-refractivity contribution in [2.24, 2.45) is 0 Å². The number of ether oxygens (including phenoxy) is 3. The van der Waals surface area contributed by atoms with Crippen LogP contribution in [-0.4, -0.2) is 19.4 Å². The molecule has 0 aliphatic heterocycles. The highest BCUT2D eigenvalue weighted by Gasteiger charge is 2.40. The van der Waals surface area contributed by atoms with Gasteiger partial charge in [0.2, 0.25) is 0 Å². The molecule has 0 radical (unpaired) electrons. The van der Waals surface area contributed by atoms with E-state index in [2.05, 4.69) is 6.58 Å². The van der Waals surface area contributed by atoms with Gasteiger partial charge in [0.25, 0.3) is 0 Å². The standard InChI is InChI=1S/C25H22F4O3/c1-2-14-31-20-11-9-19(10-12-20)22(25(27,28)29)17-30-16-18-8-13-23(26)24(15-18)32-21-6-4-3-5-7-21/h2-13,15,22H,1,14,16-17H2. The zero-order valence-electron chi connectivity index (χ0n) is 17.1. The summed E-state index contributed by atoms with van der Waals surface area (Å²) in [6.45, 7) is 3.08. The van der Waals surface area contributed by atoms with Crippen LogP contribution in [0.4, 0.5) is 17.6 Å². The summed E-state index contributed by atoms with van der Waals surface area (Å²) in [7, 11) is 0. The van der Waals surface area contributed by atoms with Crippen molar-refractivity contribution in [3.05, 3.63) is 102 Å². The number of halogens is 4. The molecule has 3 aromatic carbocycles. The fourth-order valence-electron chi connectivity index (χ4n) is 2.96. The van der Waals surface area contributed by atoms with Crippen LogP contribution >= 0.6 is 0 Å². The molecule has 0 N–H and O–H groups in total. The van der Waals surface area contributed by atoms with Gasteiger partial charge in [-0.05, 0) is 47.5 Å².